The fourth-order valence-corrected chi connectivity index (χ4v) is 1.88. The lowest BCUT2D eigenvalue weighted by Gasteiger charge is -2.02. The number of aromatic nitrogens is 2. The van der Waals surface area contributed by atoms with Crippen molar-refractivity contribution in [3.8, 4) is 11.3 Å². The molecule has 2 nitrogen and oxygen atoms in total. The van der Waals surface area contributed by atoms with Crippen LogP contribution in [0.15, 0.2) is 30.5 Å². The molecule has 0 radical (unpaired) electrons. The van der Waals surface area contributed by atoms with Crippen molar-refractivity contribution in [1.29, 1.82) is 0 Å². The summed E-state index contributed by atoms with van der Waals surface area (Å²) in [6.45, 7) is 0. The Morgan fingerprint density at radius 1 is 1.27 bits per heavy atom. The highest BCUT2D eigenvalue weighted by Gasteiger charge is 2.28. The molecule has 15 heavy (non-hydrogen) atoms. The molecule has 0 unspecified atom stereocenters. The normalized spacial score (nSPS) is 15.5. The first-order valence-corrected chi connectivity index (χ1v) is 5.14. The van der Waals surface area contributed by atoms with E-state index in [9.17, 15) is 4.39 Å². The van der Waals surface area contributed by atoms with Crippen LogP contribution in [0.3, 0.4) is 0 Å². The Morgan fingerprint density at radius 2 is 2.07 bits per heavy atom. The van der Waals surface area contributed by atoms with Gasteiger partial charge >= 0.3 is 0 Å². The Kier molecular flexibility index (Phi) is 1.84. The highest BCUT2D eigenvalue weighted by molar-refractivity contribution is 5.64. The van der Waals surface area contributed by atoms with Crippen molar-refractivity contribution in [2.45, 2.75) is 18.8 Å². The zero-order valence-corrected chi connectivity index (χ0v) is 8.20. The third-order valence-electron chi connectivity index (χ3n) is 2.83. The van der Waals surface area contributed by atoms with E-state index in [2.05, 4.69) is 10.2 Å². The maximum Gasteiger partial charge on any atom is 0.132 e. The molecule has 1 aromatic heterocycles. The molecule has 0 bridgehead atoms. The Morgan fingerprint density at radius 3 is 2.80 bits per heavy atom. The summed E-state index contributed by atoms with van der Waals surface area (Å²) in [5, 5.41) is 6.90. The number of hydrogen-bond acceptors (Lipinski definition) is 1. The van der Waals surface area contributed by atoms with Gasteiger partial charge in [-0.15, -0.1) is 0 Å². The number of aromatic amines is 1. The summed E-state index contributed by atoms with van der Waals surface area (Å²) in [6.07, 6.45) is 4.21. The van der Waals surface area contributed by atoms with Crippen molar-refractivity contribution in [3.05, 3.63) is 41.8 Å². The second kappa shape index (κ2) is 3.19. The molecule has 0 amide bonds. The first-order chi connectivity index (χ1) is 7.36. The van der Waals surface area contributed by atoms with Crippen LogP contribution in [0.2, 0.25) is 0 Å². The molecular formula is C12H11FN2. The van der Waals surface area contributed by atoms with Gasteiger partial charge in [0.2, 0.25) is 0 Å². The Bertz CT molecular complexity index is 486. The fourth-order valence-electron chi connectivity index (χ4n) is 1.88. The van der Waals surface area contributed by atoms with Gasteiger partial charge in [-0.2, -0.15) is 5.10 Å². The minimum absolute atomic E-state index is 0.191. The van der Waals surface area contributed by atoms with Crippen LogP contribution in [0.4, 0.5) is 4.39 Å². The molecular weight excluding hydrogens is 191 g/mol. The minimum Gasteiger partial charge on any atom is -0.277 e. The molecule has 76 valence electrons. The van der Waals surface area contributed by atoms with Gasteiger partial charge in [-0.25, -0.2) is 4.39 Å². The van der Waals surface area contributed by atoms with Crippen molar-refractivity contribution in [2.24, 2.45) is 0 Å². The lowest BCUT2D eigenvalue weighted by atomic mass is 10.0. The molecule has 1 N–H and O–H groups in total. The molecule has 0 aliphatic heterocycles. The standard InChI is InChI=1S/C12H11FN2/c13-11-4-2-1-3-9(11)12-10(7-14-15-12)8-5-6-8/h1-4,7-8H,5-6H2,(H,14,15). The highest BCUT2D eigenvalue weighted by atomic mass is 19.1. The molecule has 0 saturated heterocycles. The summed E-state index contributed by atoms with van der Waals surface area (Å²) < 4.78 is 13.6. The Hall–Kier alpha value is -1.64. The van der Waals surface area contributed by atoms with Gasteiger partial charge in [-0.05, 0) is 30.9 Å². The summed E-state index contributed by atoms with van der Waals surface area (Å²) in [6, 6.07) is 6.81. The van der Waals surface area contributed by atoms with E-state index in [1.54, 1.807) is 12.1 Å². The molecule has 0 spiro atoms. The highest BCUT2D eigenvalue weighted by Crippen LogP contribution is 2.43. The molecule has 1 heterocycles. The number of hydrogen-bond donors (Lipinski definition) is 1. The van der Waals surface area contributed by atoms with E-state index < -0.39 is 0 Å². The van der Waals surface area contributed by atoms with Crippen LogP contribution < -0.4 is 0 Å². The summed E-state index contributed by atoms with van der Waals surface area (Å²) in [4.78, 5) is 0. The monoisotopic (exact) mass is 202 g/mol. The topological polar surface area (TPSA) is 28.7 Å². The third-order valence-corrected chi connectivity index (χ3v) is 2.83. The van der Waals surface area contributed by atoms with Crippen LogP contribution in [0.1, 0.15) is 24.3 Å². The lowest BCUT2D eigenvalue weighted by Crippen LogP contribution is -1.87. The van der Waals surface area contributed by atoms with Gasteiger partial charge in [0.15, 0.2) is 0 Å². The van der Waals surface area contributed by atoms with Crippen molar-refractivity contribution in [1.82, 2.24) is 10.2 Å². The molecule has 3 heteroatoms. The van der Waals surface area contributed by atoms with Crippen molar-refractivity contribution >= 4 is 0 Å². The first kappa shape index (κ1) is 8.65. The third kappa shape index (κ3) is 1.44. The van der Waals surface area contributed by atoms with Gasteiger partial charge in [-0.3, -0.25) is 5.10 Å². The average molecular weight is 202 g/mol. The van der Waals surface area contributed by atoms with Crippen molar-refractivity contribution in [2.75, 3.05) is 0 Å². The van der Waals surface area contributed by atoms with Crippen molar-refractivity contribution in [3.63, 3.8) is 0 Å². The summed E-state index contributed by atoms with van der Waals surface area (Å²) in [7, 11) is 0. The molecule has 3 rings (SSSR count). The summed E-state index contributed by atoms with van der Waals surface area (Å²) in [5.74, 6) is 0.391. The van der Waals surface area contributed by atoms with Crippen LogP contribution in [0, 0.1) is 5.82 Å². The van der Waals surface area contributed by atoms with E-state index >= 15 is 0 Å². The van der Waals surface area contributed by atoms with Crippen LogP contribution in [0.25, 0.3) is 11.3 Å². The van der Waals surface area contributed by atoms with Gasteiger partial charge in [0, 0.05) is 11.1 Å². The van der Waals surface area contributed by atoms with Crippen LogP contribution >= 0.6 is 0 Å². The SMILES string of the molecule is Fc1ccccc1-c1[nH]ncc1C1CC1. The first-order valence-electron chi connectivity index (χ1n) is 5.14. The zero-order chi connectivity index (χ0) is 10.3. The van der Waals surface area contributed by atoms with E-state index in [1.165, 1.54) is 18.9 Å². The zero-order valence-electron chi connectivity index (χ0n) is 8.20. The van der Waals surface area contributed by atoms with Gasteiger partial charge < -0.3 is 0 Å². The Labute approximate surface area is 87.1 Å². The van der Waals surface area contributed by atoms with E-state index in [4.69, 9.17) is 0 Å². The quantitative estimate of drug-likeness (QED) is 0.796. The fraction of sp³-hybridized carbons (Fsp3) is 0.250. The maximum absolute atomic E-state index is 13.6. The molecule has 0 atom stereocenters. The van der Waals surface area contributed by atoms with Crippen molar-refractivity contribution < 1.29 is 4.39 Å². The predicted molar refractivity (Wildman–Crippen MR) is 56.0 cm³/mol. The number of benzene rings is 1. The largest absolute Gasteiger partial charge is 0.277 e. The molecule has 1 fully saturated rings. The van der Waals surface area contributed by atoms with Crippen LogP contribution in [-0.4, -0.2) is 10.2 Å². The number of nitrogens with zero attached hydrogens (tertiary/aromatic N) is 1. The molecule has 1 aliphatic carbocycles. The Balaban J connectivity index is 2.12. The second-order valence-electron chi connectivity index (χ2n) is 3.95. The van der Waals surface area contributed by atoms with Crippen LogP contribution in [0.5, 0.6) is 0 Å². The molecule has 1 saturated carbocycles. The maximum atomic E-state index is 13.6. The minimum atomic E-state index is -0.191. The number of H-pyrrole nitrogens is 1. The molecule has 2 aromatic rings. The molecule has 1 aromatic carbocycles. The number of rotatable bonds is 2. The van der Waals surface area contributed by atoms with E-state index in [1.807, 2.05) is 12.3 Å². The predicted octanol–water partition coefficient (Wildman–Crippen LogP) is 3.09. The second-order valence-corrected chi connectivity index (χ2v) is 3.95. The summed E-state index contributed by atoms with van der Waals surface area (Å²) in [5.41, 5.74) is 2.62. The van der Waals surface area contributed by atoms with E-state index in [0.717, 1.165) is 11.3 Å². The number of nitrogens with one attached hydrogen (secondary N) is 1. The molecule has 1 aliphatic rings. The van der Waals surface area contributed by atoms with Gasteiger partial charge in [0.25, 0.3) is 0 Å². The summed E-state index contributed by atoms with van der Waals surface area (Å²) >= 11 is 0. The lowest BCUT2D eigenvalue weighted by molar-refractivity contribution is 0.630. The van der Waals surface area contributed by atoms with E-state index in [0.29, 0.717) is 11.5 Å². The number of halogens is 1. The smallest absolute Gasteiger partial charge is 0.132 e. The van der Waals surface area contributed by atoms with E-state index in [-0.39, 0.29) is 5.82 Å². The van der Waals surface area contributed by atoms with Gasteiger partial charge in [0.05, 0.1) is 11.9 Å². The van der Waals surface area contributed by atoms with Gasteiger partial charge in [0.1, 0.15) is 5.82 Å². The average Bonchev–Trinajstić information content (AvgIpc) is 2.98. The van der Waals surface area contributed by atoms with Crippen LogP contribution in [-0.2, 0) is 0 Å². The van der Waals surface area contributed by atoms with Gasteiger partial charge in [-0.1, -0.05) is 12.1 Å².